The fourth-order valence-corrected chi connectivity index (χ4v) is 8.76. The van der Waals surface area contributed by atoms with Gasteiger partial charge in [0.05, 0.1) is 22.5 Å². The van der Waals surface area contributed by atoms with Crippen LogP contribution in [0.5, 0.6) is 0 Å². The van der Waals surface area contributed by atoms with Crippen LogP contribution in [0, 0.1) is 35.5 Å². The average Bonchev–Trinajstić information content (AvgIpc) is 3.70. The van der Waals surface area contributed by atoms with Crippen LogP contribution in [0.1, 0.15) is 44.9 Å². The maximum atomic E-state index is 12.8. The second kappa shape index (κ2) is 10.7. The van der Waals surface area contributed by atoms with Gasteiger partial charge in [-0.15, -0.1) is 0 Å². The fraction of sp³-hybridized carbons (Fsp3) is 0.690. The lowest BCUT2D eigenvalue weighted by molar-refractivity contribution is -0.193. The number of hydrogen-bond acceptors (Lipinski definition) is 6. The Balaban J connectivity index is 0.000000147. The first-order valence-electron chi connectivity index (χ1n) is 14.4. The second-order valence-corrected chi connectivity index (χ2v) is 12.9. The number of halogens is 3. The lowest BCUT2D eigenvalue weighted by atomic mass is 9.75. The Bertz CT molecular complexity index is 1200. The number of anilines is 1. The van der Waals surface area contributed by atoms with E-state index in [0.29, 0.717) is 6.42 Å². The number of nitrogens with zero attached hydrogens (tertiary/aromatic N) is 4. The maximum absolute atomic E-state index is 12.8. The van der Waals surface area contributed by atoms with Crippen molar-refractivity contribution in [3.63, 3.8) is 0 Å². The summed E-state index contributed by atoms with van der Waals surface area (Å²) in [5.41, 5.74) is 0. The summed E-state index contributed by atoms with van der Waals surface area (Å²) >= 11 is 1.63. The number of fused-ring (bicyclic) bond motifs is 6. The summed E-state index contributed by atoms with van der Waals surface area (Å²) in [6.07, 6.45) is 3.43. The highest BCUT2D eigenvalue weighted by Crippen LogP contribution is 2.61. The van der Waals surface area contributed by atoms with Crippen molar-refractivity contribution in [2.45, 2.75) is 51.1 Å². The zero-order valence-electron chi connectivity index (χ0n) is 22.4. The SMILES string of the molecule is CN1C(=O)C2[C@H]3CC(CC3C(F)(F)F)[C@H]2C1=O.c1ccc2c(N3CCN(CC4CCCCC4)CC3)nsc2c1. The first-order chi connectivity index (χ1) is 18.7. The van der Waals surface area contributed by atoms with Crippen LogP contribution >= 0.6 is 11.5 Å². The summed E-state index contributed by atoms with van der Waals surface area (Å²) in [5, 5.41) is 1.33. The van der Waals surface area contributed by atoms with Gasteiger partial charge in [-0.25, -0.2) is 0 Å². The molecule has 1 aromatic carbocycles. The molecule has 7 rings (SSSR count). The number of carbonyl (C=O) groups excluding carboxylic acids is 2. The van der Waals surface area contributed by atoms with Crippen molar-refractivity contribution >= 4 is 39.3 Å². The lowest BCUT2D eigenvalue weighted by Crippen LogP contribution is -2.48. The van der Waals surface area contributed by atoms with Crippen molar-refractivity contribution in [3.8, 4) is 0 Å². The molecule has 5 aliphatic rings. The molecule has 39 heavy (non-hydrogen) atoms. The van der Waals surface area contributed by atoms with E-state index in [0.717, 1.165) is 23.9 Å². The molecule has 1 aromatic heterocycles. The zero-order chi connectivity index (χ0) is 27.3. The number of alkyl halides is 3. The Morgan fingerprint density at radius 1 is 0.949 bits per heavy atom. The molecular weight excluding hydrogens is 525 g/mol. The van der Waals surface area contributed by atoms with Crippen molar-refractivity contribution in [3.05, 3.63) is 24.3 Å². The van der Waals surface area contributed by atoms with Crippen LogP contribution in [0.3, 0.4) is 0 Å². The van der Waals surface area contributed by atoms with E-state index in [1.54, 1.807) is 11.5 Å². The van der Waals surface area contributed by atoms with E-state index in [4.69, 9.17) is 4.37 Å². The molecule has 10 heteroatoms. The maximum Gasteiger partial charge on any atom is 0.392 e. The molecule has 0 radical (unpaired) electrons. The van der Waals surface area contributed by atoms with E-state index in [2.05, 4.69) is 34.1 Å². The molecule has 2 amide bonds. The van der Waals surface area contributed by atoms with Gasteiger partial charge in [0, 0.05) is 45.2 Å². The van der Waals surface area contributed by atoms with Gasteiger partial charge in [-0.05, 0) is 67.1 Å². The molecule has 0 spiro atoms. The lowest BCUT2D eigenvalue weighted by Gasteiger charge is -2.37. The van der Waals surface area contributed by atoms with Gasteiger partial charge in [-0.3, -0.25) is 19.4 Å². The van der Waals surface area contributed by atoms with Crippen LogP contribution < -0.4 is 4.90 Å². The van der Waals surface area contributed by atoms with Crippen molar-refractivity contribution in [1.82, 2.24) is 14.2 Å². The topological polar surface area (TPSA) is 56.8 Å². The highest BCUT2D eigenvalue weighted by atomic mass is 32.1. The number of amides is 2. The van der Waals surface area contributed by atoms with Crippen LogP contribution in [0.25, 0.3) is 10.1 Å². The predicted octanol–water partition coefficient (Wildman–Crippen LogP) is 5.43. The third-order valence-electron chi connectivity index (χ3n) is 9.93. The van der Waals surface area contributed by atoms with Crippen LogP contribution in [0.15, 0.2) is 24.3 Å². The van der Waals surface area contributed by atoms with Gasteiger partial charge in [-0.1, -0.05) is 31.4 Å². The number of carbonyl (C=O) groups is 2. The molecule has 3 aliphatic carbocycles. The predicted molar refractivity (Wildman–Crippen MR) is 145 cm³/mol. The van der Waals surface area contributed by atoms with Gasteiger partial charge in [0.15, 0.2) is 0 Å². The molecular formula is C29H37F3N4O2S. The van der Waals surface area contributed by atoms with Crippen LogP contribution in [-0.4, -0.2) is 71.9 Å². The Hall–Kier alpha value is -2.20. The van der Waals surface area contributed by atoms with E-state index < -0.39 is 35.8 Å². The van der Waals surface area contributed by atoms with Crippen molar-refractivity contribution in [1.29, 1.82) is 0 Å². The van der Waals surface area contributed by atoms with Gasteiger partial charge in [0.25, 0.3) is 0 Å². The van der Waals surface area contributed by atoms with E-state index in [1.165, 1.54) is 74.7 Å². The van der Waals surface area contributed by atoms with E-state index in [1.807, 2.05) is 0 Å². The number of benzene rings is 1. The van der Waals surface area contributed by atoms with Crippen molar-refractivity contribution < 1.29 is 22.8 Å². The van der Waals surface area contributed by atoms with Crippen LogP contribution in [-0.2, 0) is 9.59 Å². The minimum Gasteiger partial charge on any atom is -0.353 e. The van der Waals surface area contributed by atoms with Crippen molar-refractivity contribution in [2.24, 2.45) is 35.5 Å². The highest BCUT2D eigenvalue weighted by Gasteiger charge is 2.67. The fourth-order valence-electron chi connectivity index (χ4n) is 7.96. The summed E-state index contributed by atoms with van der Waals surface area (Å²) in [6.45, 7) is 5.97. The zero-order valence-corrected chi connectivity index (χ0v) is 23.2. The first-order valence-corrected chi connectivity index (χ1v) is 15.2. The van der Waals surface area contributed by atoms with Crippen LogP contribution in [0.2, 0.25) is 0 Å². The molecule has 3 unspecified atom stereocenters. The molecule has 2 saturated heterocycles. The normalized spacial score (nSPS) is 31.6. The molecule has 5 atom stereocenters. The summed E-state index contributed by atoms with van der Waals surface area (Å²) < 4.78 is 44.4. The number of imide groups is 1. The smallest absolute Gasteiger partial charge is 0.353 e. The Labute approximate surface area is 231 Å². The van der Waals surface area contributed by atoms with Gasteiger partial charge >= 0.3 is 6.18 Å². The van der Waals surface area contributed by atoms with Gasteiger partial charge < -0.3 is 4.90 Å². The number of aromatic nitrogens is 1. The standard InChI is InChI=1S/C18H25N3S.C11H12F3NO2/c1-2-6-15(7-3-1)14-20-10-12-21(13-11-20)18-16-8-4-5-9-17(16)22-19-18;1-15-9(16)7-4-2-5(8(7)10(15)17)6(3-4)11(12,13)14/h4-5,8-9,15H,1-3,6-7,10-14H2;4-8H,2-3H2,1H3/t;4?,5-,6?,7+,8?/m.0/s1. The Morgan fingerprint density at radius 3 is 2.36 bits per heavy atom. The minimum absolute atomic E-state index is 0.0161. The molecule has 5 fully saturated rings. The number of rotatable bonds is 3. The average molecular weight is 563 g/mol. The molecule has 2 aromatic rings. The Morgan fingerprint density at radius 2 is 1.64 bits per heavy atom. The molecule has 2 aliphatic heterocycles. The summed E-state index contributed by atoms with van der Waals surface area (Å²) in [5.74, 6) is -2.04. The number of hydrogen-bond donors (Lipinski definition) is 0. The second-order valence-electron chi connectivity index (χ2n) is 12.1. The summed E-state index contributed by atoms with van der Waals surface area (Å²) in [7, 11) is 1.37. The largest absolute Gasteiger partial charge is 0.392 e. The summed E-state index contributed by atoms with van der Waals surface area (Å²) in [6, 6.07) is 8.62. The van der Waals surface area contributed by atoms with Gasteiger partial charge in [0.1, 0.15) is 5.82 Å². The number of likely N-dealkylation sites (tertiary alicyclic amines) is 1. The van der Waals surface area contributed by atoms with Crippen LogP contribution in [0.4, 0.5) is 19.0 Å². The number of piperazine rings is 1. The van der Waals surface area contributed by atoms with E-state index in [-0.39, 0.29) is 18.2 Å². The quantitative estimate of drug-likeness (QED) is 0.467. The minimum atomic E-state index is -4.24. The first kappa shape index (κ1) is 27.0. The van der Waals surface area contributed by atoms with Gasteiger partial charge in [-0.2, -0.15) is 17.5 Å². The highest BCUT2D eigenvalue weighted by molar-refractivity contribution is 7.13. The molecule has 212 valence electrons. The van der Waals surface area contributed by atoms with Crippen molar-refractivity contribution in [2.75, 3.05) is 44.7 Å². The molecule has 6 nitrogen and oxygen atoms in total. The third kappa shape index (κ3) is 5.07. The van der Waals surface area contributed by atoms with E-state index in [9.17, 15) is 22.8 Å². The molecule has 2 bridgehead atoms. The molecule has 0 N–H and O–H groups in total. The third-order valence-corrected chi connectivity index (χ3v) is 10.7. The van der Waals surface area contributed by atoms with E-state index >= 15 is 0 Å². The van der Waals surface area contributed by atoms with Gasteiger partial charge in [0.2, 0.25) is 11.8 Å². The molecule has 3 heterocycles. The summed E-state index contributed by atoms with van der Waals surface area (Å²) in [4.78, 5) is 29.7. The monoisotopic (exact) mass is 562 g/mol. The molecule has 3 saturated carbocycles. The Kier molecular flexibility index (Phi) is 7.37.